The first-order valence-electron chi connectivity index (χ1n) is 7.68. The van der Waals surface area contributed by atoms with Gasteiger partial charge >= 0.3 is 6.03 Å². The van der Waals surface area contributed by atoms with Gasteiger partial charge in [-0.05, 0) is 23.8 Å². The lowest BCUT2D eigenvalue weighted by Crippen LogP contribution is -2.48. The first-order valence-corrected chi connectivity index (χ1v) is 8.05. The highest BCUT2D eigenvalue weighted by Crippen LogP contribution is 2.17. The van der Waals surface area contributed by atoms with E-state index in [2.05, 4.69) is 17.4 Å². The summed E-state index contributed by atoms with van der Waals surface area (Å²) in [4.78, 5) is 14.2. The Morgan fingerprint density at radius 2 is 2.04 bits per heavy atom. The summed E-state index contributed by atoms with van der Waals surface area (Å²) < 4.78 is 5.79. The van der Waals surface area contributed by atoms with Crippen LogP contribution in [0.3, 0.4) is 0 Å². The maximum absolute atomic E-state index is 12.4. The van der Waals surface area contributed by atoms with Crippen LogP contribution >= 0.6 is 11.6 Å². The number of halogens is 1. The van der Waals surface area contributed by atoms with E-state index in [0.29, 0.717) is 30.4 Å². The van der Waals surface area contributed by atoms with Crippen LogP contribution in [0.25, 0.3) is 0 Å². The van der Waals surface area contributed by atoms with E-state index < -0.39 is 0 Å². The molecule has 23 heavy (non-hydrogen) atoms. The highest BCUT2D eigenvalue weighted by molar-refractivity contribution is 6.30. The molecule has 2 aromatic carbocycles. The van der Waals surface area contributed by atoms with Crippen molar-refractivity contribution in [3.63, 3.8) is 0 Å². The van der Waals surface area contributed by atoms with E-state index in [1.54, 1.807) is 17.0 Å². The highest BCUT2D eigenvalue weighted by atomic mass is 35.5. The topological polar surface area (TPSA) is 41.6 Å². The summed E-state index contributed by atoms with van der Waals surface area (Å²) in [5.41, 5.74) is 1.92. The predicted octanol–water partition coefficient (Wildman–Crippen LogP) is 3.82. The molecule has 1 atom stereocenters. The van der Waals surface area contributed by atoms with Crippen LogP contribution in [0.5, 0.6) is 0 Å². The number of carbonyl (C=O) groups excluding carboxylic acids is 1. The second-order valence-electron chi connectivity index (χ2n) is 5.57. The average Bonchev–Trinajstić information content (AvgIpc) is 2.56. The molecule has 0 radical (unpaired) electrons. The summed E-state index contributed by atoms with van der Waals surface area (Å²) in [6, 6.07) is 17.2. The molecule has 0 aliphatic carbocycles. The van der Waals surface area contributed by atoms with Gasteiger partial charge in [0.05, 0.1) is 12.7 Å². The molecule has 0 spiro atoms. The van der Waals surface area contributed by atoms with Gasteiger partial charge in [0.25, 0.3) is 0 Å². The van der Waals surface area contributed by atoms with Crippen LogP contribution in [0, 0.1) is 0 Å². The SMILES string of the molecule is O=C(Nc1cccc(Cl)c1)N1CCOC(Cc2ccccc2)C1. The van der Waals surface area contributed by atoms with Crippen LogP contribution in [0.15, 0.2) is 54.6 Å². The third-order valence-electron chi connectivity index (χ3n) is 3.81. The monoisotopic (exact) mass is 330 g/mol. The zero-order chi connectivity index (χ0) is 16.1. The molecule has 5 heteroatoms. The van der Waals surface area contributed by atoms with E-state index in [1.165, 1.54) is 5.56 Å². The number of nitrogens with one attached hydrogen (secondary N) is 1. The number of hydrogen-bond donors (Lipinski definition) is 1. The zero-order valence-electron chi connectivity index (χ0n) is 12.7. The van der Waals surface area contributed by atoms with E-state index in [-0.39, 0.29) is 12.1 Å². The van der Waals surface area contributed by atoms with Gasteiger partial charge in [-0.1, -0.05) is 48.0 Å². The minimum absolute atomic E-state index is 0.0243. The van der Waals surface area contributed by atoms with Gasteiger partial charge in [-0.15, -0.1) is 0 Å². The maximum Gasteiger partial charge on any atom is 0.322 e. The van der Waals surface area contributed by atoms with Crippen molar-refractivity contribution >= 4 is 23.3 Å². The Morgan fingerprint density at radius 1 is 1.22 bits per heavy atom. The second kappa shape index (κ2) is 7.49. The third kappa shape index (κ3) is 4.47. The average molecular weight is 331 g/mol. The van der Waals surface area contributed by atoms with Gasteiger partial charge in [-0.2, -0.15) is 0 Å². The summed E-state index contributed by atoms with van der Waals surface area (Å²) in [6.45, 7) is 1.74. The van der Waals surface area contributed by atoms with Gasteiger partial charge in [0.15, 0.2) is 0 Å². The Kier molecular flexibility index (Phi) is 5.16. The Bertz CT molecular complexity index is 663. The van der Waals surface area contributed by atoms with Crippen molar-refractivity contribution in [2.24, 2.45) is 0 Å². The lowest BCUT2D eigenvalue weighted by atomic mass is 10.1. The molecule has 3 rings (SSSR count). The normalized spacial score (nSPS) is 17.8. The van der Waals surface area contributed by atoms with Crippen molar-refractivity contribution in [1.82, 2.24) is 4.90 Å². The van der Waals surface area contributed by atoms with Crippen LogP contribution in [0.4, 0.5) is 10.5 Å². The van der Waals surface area contributed by atoms with Gasteiger partial charge < -0.3 is 15.0 Å². The van der Waals surface area contributed by atoms with Gasteiger partial charge in [-0.3, -0.25) is 0 Å². The predicted molar refractivity (Wildman–Crippen MR) is 91.9 cm³/mol. The molecule has 1 heterocycles. The quantitative estimate of drug-likeness (QED) is 0.929. The molecular formula is C18H19ClN2O2. The van der Waals surface area contributed by atoms with Gasteiger partial charge in [-0.25, -0.2) is 4.79 Å². The molecule has 0 aromatic heterocycles. The van der Waals surface area contributed by atoms with E-state index in [1.807, 2.05) is 30.3 Å². The molecule has 1 unspecified atom stereocenters. The number of urea groups is 1. The number of nitrogens with zero attached hydrogens (tertiary/aromatic N) is 1. The fraction of sp³-hybridized carbons (Fsp3) is 0.278. The van der Waals surface area contributed by atoms with Crippen molar-refractivity contribution in [1.29, 1.82) is 0 Å². The van der Waals surface area contributed by atoms with Crippen LogP contribution in [-0.2, 0) is 11.2 Å². The van der Waals surface area contributed by atoms with Crippen LogP contribution in [0.2, 0.25) is 5.02 Å². The Balaban J connectivity index is 1.58. The molecule has 1 saturated heterocycles. The Hall–Kier alpha value is -2.04. The zero-order valence-corrected chi connectivity index (χ0v) is 13.5. The maximum atomic E-state index is 12.4. The molecule has 1 N–H and O–H groups in total. The van der Waals surface area contributed by atoms with Crippen molar-refractivity contribution in [2.75, 3.05) is 25.0 Å². The number of rotatable bonds is 3. The molecule has 1 fully saturated rings. The molecule has 2 aromatic rings. The molecule has 4 nitrogen and oxygen atoms in total. The Morgan fingerprint density at radius 3 is 2.83 bits per heavy atom. The van der Waals surface area contributed by atoms with Crippen molar-refractivity contribution in [3.05, 3.63) is 65.2 Å². The Labute approximate surface area is 141 Å². The molecule has 1 aliphatic heterocycles. The number of benzene rings is 2. The molecule has 0 saturated carbocycles. The molecule has 0 bridgehead atoms. The molecule has 120 valence electrons. The lowest BCUT2D eigenvalue weighted by Gasteiger charge is -2.33. The number of ether oxygens (including phenoxy) is 1. The fourth-order valence-corrected chi connectivity index (χ4v) is 2.86. The lowest BCUT2D eigenvalue weighted by molar-refractivity contribution is -0.0113. The second-order valence-corrected chi connectivity index (χ2v) is 6.01. The number of morpholine rings is 1. The summed E-state index contributed by atoms with van der Waals surface area (Å²) in [5, 5.41) is 3.49. The number of anilines is 1. The van der Waals surface area contributed by atoms with Gasteiger partial charge in [0.2, 0.25) is 0 Å². The summed E-state index contributed by atoms with van der Waals surface area (Å²) in [6.07, 6.45) is 0.832. The molecule has 1 aliphatic rings. The molecule has 2 amide bonds. The van der Waals surface area contributed by atoms with E-state index in [4.69, 9.17) is 16.3 Å². The van der Waals surface area contributed by atoms with Crippen LogP contribution in [0.1, 0.15) is 5.56 Å². The van der Waals surface area contributed by atoms with E-state index in [0.717, 1.165) is 6.42 Å². The third-order valence-corrected chi connectivity index (χ3v) is 4.04. The highest BCUT2D eigenvalue weighted by Gasteiger charge is 2.24. The minimum Gasteiger partial charge on any atom is -0.374 e. The first-order chi connectivity index (χ1) is 11.2. The van der Waals surface area contributed by atoms with Gasteiger partial charge in [0, 0.05) is 30.2 Å². The smallest absolute Gasteiger partial charge is 0.322 e. The summed E-state index contributed by atoms with van der Waals surface area (Å²) >= 11 is 5.94. The van der Waals surface area contributed by atoms with Crippen molar-refractivity contribution in [2.45, 2.75) is 12.5 Å². The van der Waals surface area contributed by atoms with Crippen molar-refractivity contribution in [3.8, 4) is 0 Å². The number of carbonyl (C=O) groups is 1. The standard InChI is InChI=1S/C18H19ClN2O2/c19-15-7-4-8-16(12-15)20-18(22)21-9-10-23-17(13-21)11-14-5-2-1-3-6-14/h1-8,12,17H,9-11,13H2,(H,20,22). The number of hydrogen-bond acceptors (Lipinski definition) is 2. The summed E-state index contributed by atoms with van der Waals surface area (Å²) in [7, 11) is 0. The van der Waals surface area contributed by atoms with E-state index in [9.17, 15) is 4.79 Å². The van der Waals surface area contributed by atoms with Crippen molar-refractivity contribution < 1.29 is 9.53 Å². The van der Waals surface area contributed by atoms with Crippen LogP contribution < -0.4 is 5.32 Å². The van der Waals surface area contributed by atoms with Crippen LogP contribution in [-0.4, -0.2) is 36.7 Å². The van der Waals surface area contributed by atoms with E-state index >= 15 is 0 Å². The summed E-state index contributed by atoms with van der Waals surface area (Å²) in [5.74, 6) is 0. The van der Waals surface area contributed by atoms with Gasteiger partial charge in [0.1, 0.15) is 0 Å². The molecular weight excluding hydrogens is 312 g/mol. The first kappa shape index (κ1) is 15.8. The number of amides is 2. The minimum atomic E-state index is -0.117. The largest absolute Gasteiger partial charge is 0.374 e. The fourth-order valence-electron chi connectivity index (χ4n) is 2.67.